The Morgan fingerprint density at radius 3 is 2.13 bits per heavy atom. The Morgan fingerprint density at radius 2 is 1.23 bits per heavy atom. The van der Waals surface area contributed by atoms with Crippen LogP contribution in [0.25, 0.3) is 66.2 Å². The van der Waals surface area contributed by atoms with E-state index in [1.165, 1.54) is 38.4 Å². The summed E-state index contributed by atoms with van der Waals surface area (Å²) in [5.74, 6) is 0. The van der Waals surface area contributed by atoms with Crippen molar-refractivity contribution in [2.45, 2.75) is 19.3 Å². The van der Waals surface area contributed by atoms with Crippen molar-refractivity contribution in [1.82, 2.24) is 9.97 Å². The molecule has 0 saturated carbocycles. The summed E-state index contributed by atoms with van der Waals surface area (Å²) in [6.45, 7) is 4.66. The van der Waals surface area contributed by atoms with E-state index in [9.17, 15) is 0 Å². The highest BCUT2D eigenvalue weighted by atomic mass is 14.8. The molecular weight excluding hydrogens is 472 g/mol. The summed E-state index contributed by atoms with van der Waals surface area (Å²) in [5.41, 5.74) is 11.3. The molecule has 8 rings (SSSR count). The van der Waals surface area contributed by atoms with E-state index in [0.717, 1.165) is 38.9 Å². The summed E-state index contributed by atoms with van der Waals surface area (Å²) < 4.78 is 0. The molecule has 0 fully saturated rings. The number of aromatic nitrogens is 2. The van der Waals surface area contributed by atoms with Crippen LogP contribution < -0.4 is 0 Å². The lowest BCUT2D eigenvalue weighted by Gasteiger charge is -2.21. The summed E-state index contributed by atoms with van der Waals surface area (Å²) in [6, 6.07) is 43.4. The Balaban J connectivity index is 1.38. The third-order valence-corrected chi connectivity index (χ3v) is 8.42. The topological polar surface area (TPSA) is 25.8 Å². The molecule has 1 heterocycles. The first-order valence-electron chi connectivity index (χ1n) is 13.5. The Bertz CT molecular complexity index is 2090. The van der Waals surface area contributed by atoms with E-state index in [2.05, 4.69) is 129 Å². The van der Waals surface area contributed by atoms with Gasteiger partial charge in [0.25, 0.3) is 0 Å². The lowest BCUT2D eigenvalue weighted by atomic mass is 9.82. The molecule has 6 aromatic carbocycles. The van der Waals surface area contributed by atoms with E-state index < -0.39 is 0 Å². The third-order valence-electron chi connectivity index (χ3n) is 8.42. The highest BCUT2D eigenvalue weighted by Gasteiger charge is 2.35. The summed E-state index contributed by atoms with van der Waals surface area (Å²) in [4.78, 5) is 10.5. The van der Waals surface area contributed by atoms with Gasteiger partial charge in [0.2, 0.25) is 0 Å². The van der Waals surface area contributed by atoms with E-state index in [0.29, 0.717) is 0 Å². The zero-order valence-electron chi connectivity index (χ0n) is 21.9. The van der Waals surface area contributed by atoms with Gasteiger partial charge in [-0.3, -0.25) is 0 Å². The van der Waals surface area contributed by atoms with Gasteiger partial charge in [-0.1, -0.05) is 111 Å². The zero-order chi connectivity index (χ0) is 26.1. The first kappa shape index (κ1) is 22.2. The molecule has 2 heteroatoms. The number of fused-ring (bicyclic) bond motifs is 7. The SMILES string of the molecule is CC1(C)c2ccccc2-c2cc3cc(-c4nc5ccc6ccccc6c5nc4-c4ccccc4)ccc3cc21. The van der Waals surface area contributed by atoms with Gasteiger partial charge in [-0.15, -0.1) is 0 Å². The lowest BCUT2D eigenvalue weighted by Crippen LogP contribution is -2.14. The van der Waals surface area contributed by atoms with Gasteiger partial charge >= 0.3 is 0 Å². The van der Waals surface area contributed by atoms with Crippen LogP contribution in [0.2, 0.25) is 0 Å². The van der Waals surface area contributed by atoms with E-state index in [-0.39, 0.29) is 5.41 Å². The predicted molar refractivity (Wildman–Crippen MR) is 163 cm³/mol. The van der Waals surface area contributed by atoms with E-state index in [1.54, 1.807) is 0 Å². The highest BCUT2D eigenvalue weighted by Crippen LogP contribution is 2.50. The van der Waals surface area contributed by atoms with Crippen molar-refractivity contribution in [3.63, 3.8) is 0 Å². The van der Waals surface area contributed by atoms with Crippen LogP contribution in [-0.4, -0.2) is 9.97 Å². The maximum atomic E-state index is 5.27. The van der Waals surface area contributed by atoms with Gasteiger partial charge in [0, 0.05) is 21.9 Å². The molecular formula is C37H26N2. The molecule has 0 saturated heterocycles. The molecule has 0 radical (unpaired) electrons. The Morgan fingerprint density at radius 1 is 0.487 bits per heavy atom. The van der Waals surface area contributed by atoms with Crippen LogP contribution in [0.5, 0.6) is 0 Å². The quantitative estimate of drug-likeness (QED) is 0.222. The third kappa shape index (κ3) is 3.28. The Hall–Kier alpha value is -4.82. The molecule has 7 aromatic rings. The van der Waals surface area contributed by atoms with Crippen molar-refractivity contribution < 1.29 is 0 Å². The fourth-order valence-electron chi connectivity index (χ4n) is 6.38. The molecule has 184 valence electrons. The normalized spacial score (nSPS) is 13.6. The summed E-state index contributed by atoms with van der Waals surface area (Å²) in [5, 5.41) is 4.77. The molecule has 0 N–H and O–H groups in total. The number of nitrogens with zero attached hydrogens (tertiary/aromatic N) is 2. The maximum absolute atomic E-state index is 5.27. The van der Waals surface area contributed by atoms with Crippen molar-refractivity contribution in [2.24, 2.45) is 0 Å². The van der Waals surface area contributed by atoms with Gasteiger partial charge in [-0.25, -0.2) is 9.97 Å². The molecule has 2 nitrogen and oxygen atoms in total. The van der Waals surface area contributed by atoms with Gasteiger partial charge in [0.1, 0.15) is 0 Å². The van der Waals surface area contributed by atoms with E-state index >= 15 is 0 Å². The summed E-state index contributed by atoms with van der Waals surface area (Å²) in [7, 11) is 0. The minimum absolute atomic E-state index is 0.00807. The molecule has 0 amide bonds. The van der Waals surface area contributed by atoms with Crippen LogP contribution in [0.3, 0.4) is 0 Å². The van der Waals surface area contributed by atoms with Crippen LogP contribution in [0.15, 0.2) is 121 Å². The predicted octanol–water partition coefficient (Wildman–Crippen LogP) is 9.58. The number of hydrogen-bond donors (Lipinski definition) is 0. The number of rotatable bonds is 2. The molecule has 39 heavy (non-hydrogen) atoms. The largest absolute Gasteiger partial charge is 0.244 e. The van der Waals surface area contributed by atoms with Gasteiger partial charge in [-0.2, -0.15) is 0 Å². The molecule has 1 aromatic heterocycles. The second-order valence-electron chi connectivity index (χ2n) is 11.1. The van der Waals surface area contributed by atoms with Gasteiger partial charge in [0.05, 0.1) is 22.4 Å². The second-order valence-corrected chi connectivity index (χ2v) is 11.1. The van der Waals surface area contributed by atoms with Gasteiger partial charge < -0.3 is 0 Å². The molecule has 0 atom stereocenters. The molecule has 0 aliphatic heterocycles. The van der Waals surface area contributed by atoms with Crippen molar-refractivity contribution in [2.75, 3.05) is 0 Å². The first-order chi connectivity index (χ1) is 19.1. The lowest BCUT2D eigenvalue weighted by molar-refractivity contribution is 0.661. The molecule has 1 aliphatic rings. The van der Waals surface area contributed by atoms with Crippen LogP contribution >= 0.6 is 0 Å². The smallest absolute Gasteiger partial charge is 0.0973 e. The maximum Gasteiger partial charge on any atom is 0.0973 e. The van der Waals surface area contributed by atoms with Crippen LogP contribution in [-0.2, 0) is 5.41 Å². The van der Waals surface area contributed by atoms with E-state index in [1.807, 2.05) is 6.07 Å². The standard InChI is InChI=1S/C37H26N2/c1-37(2)31-15-9-8-14-29(31)30-21-27-20-26(17-16-25(27)22-32(30)37)35-34(24-11-4-3-5-12-24)39-36-28-13-7-6-10-23(28)18-19-33(36)38-35/h3-22H,1-2H3. The van der Waals surface area contributed by atoms with Crippen LogP contribution in [0.4, 0.5) is 0 Å². The average Bonchev–Trinajstić information content (AvgIpc) is 3.21. The number of hydrogen-bond acceptors (Lipinski definition) is 2. The number of benzene rings is 6. The average molecular weight is 499 g/mol. The first-order valence-corrected chi connectivity index (χ1v) is 13.5. The fraction of sp³-hybridized carbons (Fsp3) is 0.0811. The molecule has 0 bridgehead atoms. The highest BCUT2D eigenvalue weighted by molar-refractivity contribution is 6.05. The zero-order valence-corrected chi connectivity index (χ0v) is 21.9. The van der Waals surface area contributed by atoms with Gasteiger partial charge in [0.15, 0.2) is 0 Å². The molecule has 1 aliphatic carbocycles. The van der Waals surface area contributed by atoms with Crippen molar-refractivity contribution in [1.29, 1.82) is 0 Å². The van der Waals surface area contributed by atoms with Crippen LogP contribution in [0, 0.1) is 0 Å². The minimum Gasteiger partial charge on any atom is -0.244 e. The van der Waals surface area contributed by atoms with Crippen LogP contribution in [0.1, 0.15) is 25.0 Å². The van der Waals surface area contributed by atoms with Crippen molar-refractivity contribution >= 4 is 32.6 Å². The van der Waals surface area contributed by atoms with E-state index in [4.69, 9.17) is 9.97 Å². The molecule has 0 spiro atoms. The van der Waals surface area contributed by atoms with Gasteiger partial charge in [-0.05, 0) is 62.7 Å². The Labute approximate surface area is 227 Å². The second kappa shape index (κ2) is 8.09. The monoisotopic (exact) mass is 498 g/mol. The fourth-order valence-corrected chi connectivity index (χ4v) is 6.38. The summed E-state index contributed by atoms with van der Waals surface area (Å²) >= 11 is 0. The van der Waals surface area contributed by atoms with Crippen molar-refractivity contribution in [3.8, 4) is 33.6 Å². The summed E-state index contributed by atoms with van der Waals surface area (Å²) in [6.07, 6.45) is 0. The minimum atomic E-state index is -0.00807. The van der Waals surface area contributed by atoms with Crippen molar-refractivity contribution in [3.05, 3.63) is 132 Å². The Kier molecular flexibility index (Phi) is 4.60. The molecule has 0 unspecified atom stereocenters.